The van der Waals surface area contributed by atoms with E-state index in [4.69, 9.17) is 0 Å². The van der Waals surface area contributed by atoms with Gasteiger partial charge in [-0.3, -0.25) is 0 Å². The highest BCUT2D eigenvalue weighted by Gasteiger charge is 2.50. The zero-order chi connectivity index (χ0) is 29.8. The third-order valence-corrected chi connectivity index (χ3v) is 10.4. The Morgan fingerprint density at radius 2 is 0.615 bits per heavy atom. The van der Waals surface area contributed by atoms with Crippen molar-refractivity contribution in [1.29, 1.82) is 0 Å². The average molecular weight is 529 g/mol. The summed E-state index contributed by atoms with van der Waals surface area (Å²) < 4.78 is 0. The van der Waals surface area contributed by atoms with Crippen LogP contribution in [0.5, 0.6) is 0 Å². The van der Waals surface area contributed by atoms with Crippen LogP contribution in [0.15, 0.2) is 24.3 Å². The van der Waals surface area contributed by atoms with E-state index in [1.165, 1.54) is 36.8 Å². The monoisotopic (exact) mass is 528 g/mol. The van der Waals surface area contributed by atoms with Gasteiger partial charge in [0.25, 0.3) is 0 Å². The van der Waals surface area contributed by atoms with E-state index in [0.29, 0.717) is 0 Å². The molecular formula is C39H60. The molecule has 0 atom stereocenters. The zero-order valence-electron chi connectivity index (χ0n) is 28.6. The van der Waals surface area contributed by atoms with Gasteiger partial charge in [-0.1, -0.05) is 135 Å². The van der Waals surface area contributed by atoms with E-state index in [-0.39, 0.29) is 37.9 Å². The summed E-state index contributed by atoms with van der Waals surface area (Å²) in [6, 6.07) is 10.7. The van der Waals surface area contributed by atoms with Crippen LogP contribution in [0.3, 0.4) is 0 Å². The Morgan fingerprint density at radius 3 is 0.846 bits per heavy atom. The molecule has 2 aromatic carbocycles. The van der Waals surface area contributed by atoms with Crippen molar-refractivity contribution in [2.45, 2.75) is 174 Å². The molecule has 0 heterocycles. The molecule has 0 aliphatic heterocycles. The number of hydrogen-bond donors (Lipinski definition) is 0. The van der Waals surface area contributed by atoms with Crippen molar-refractivity contribution in [2.75, 3.05) is 0 Å². The minimum atomic E-state index is 0.0858. The van der Waals surface area contributed by atoms with Gasteiger partial charge in [-0.05, 0) is 103 Å². The molecule has 0 saturated heterocycles. The van der Waals surface area contributed by atoms with E-state index >= 15 is 0 Å². The lowest BCUT2D eigenvalue weighted by Gasteiger charge is -2.53. The van der Waals surface area contributed by atoms with Crippen molar-refractivity contribution in [3.63, 3.8) is 0 Å². The van der Waals surface area contributed by atoms with E-state index in [1.807, 2.05) is 0 Å². The van der Waals surface area contributed by atoms with Crippen LogP contribution in [0, 0.1) is 0 Å². The first-order valence-electron chi connectivity index (χ1n) is 15.7. The van der Waals surface area contributed by atoms with E-state index in [1.54, 1.807) is 33.4 Å². The highest BCUT2D eigenvalue weighted by atomic mass is 14.5. The second-order valence-electron chi connectivity index (χ2n) is 18.7. The lowest BCUT2D eigenvalue weighted by molar-refractivity contribution is 0.263. The van der Waals surface area contributed by atoms with Gasteiger partial charge in [-0.2, -0.15) is 0 Å². The minimum Gasteiger partial charge on any atom is -0.0561 e. The van der Waals surface area contributed by atoms with Gasteiger partial charge in [0.15, 0.2) is 0 Å². The fraction of sp³-hybridized carbons (Fsp3) is 0.692. The molecule has 0 nitrogen and oxygen atoms in total. The van der Waals surface area contributed by atoms with Crippen LogP contribution >= 0.6 is 0 Å². The van der Waals surface area contributed by atoms with E-state index < -0.39 is 0 Å². The lowest BCUT2D eigenvalue weighted by Crippen LogP contribution is -2.45. The summed E-state index contributed by atoms with van der Waals surface area (Å²) in [6.07, 6.45) is 4.97. The standard InChI is InChI=1S/C39H60/c1-33(2,3)25-21-29-31(23-27(25)35(7,8)9)39(19-17-37(29,13)14)20-18-38(15,16)30-22-26(34(4,5)6)28(24-32(30)39)36(10,11)12/h21-24H,17-20H2,1-16H3. The Balaban J connectivity index is 2.17. The average Bonchev–Trinajstić information content (AvgIpc) is 2.74. The van der Waals surface area contributed by atoms with Crippen molar-refractivity contribution in [2.24, 2.45) is 0 Å². The summed E-state index contributed by atoms with van der Waals surface area (Å²) in [4.78, 5) is 0. The molecule has 0 heteroatoms. The molecule has 39 heavy (non-hydrogen) atoms. The van der Waals surface area contributed by atoms with E-state index in [9.17, 15) is 0 Å². The molecule has 4 rings (SSSR count). The SMILES string of the molecule is CC(C)(C)c1cc2c(cc1C(C)(C)C)C1(CCC2(C)C)CCC(C)(C)c2cc(C(C)(C)C)c(C(C)(C)C)cc21. The van der Waals surface area contributed by atoms with Gasteiger partial charge in [0.05, 0.1) is 0 Å². The first-order valence-corrected chi connectivity index (χ1v) is 15.7. The second-order valence-corrected chi connectivity index (χ2v) is 18.7. The fourth-order valence-electron chi connectivity index (χ4n) is 7.72. The molecule has 0 radical (unpaired) electrons. The highest BCUT2D eigenvalue weighted by molar-refractivity contribution is 5.60. The minimum absolute atomic E-state index is 0.0858. The molecule has 0 aromatic heterocycles. The molecule has 0 bridgehead atoms. The van der Waals surface area contributed by atoms with Gasteiger partial charge in [0.1, 0.15) is 0 Å². The molecule has 0 saturated carbocycles. The van der Waals surface area contributed by atoms with E-state index in [0.717, 1.165) is 0 Å². The molecule has 1 spiro atoms. The van der Waals surface area contributed by atoms with Gasteiger partial charge in [0, 0.05) is 5.41 Å². The Kier molecular flexibility index (Phi) is 6.80. The predicted molar refractivity (Wildman–Crippen MR) is 173 cm³/mol. The fourth-order valence-corrected chi connectivity index (χ4v) is 7.72. The number of fused-ring (bicyclic) bond motifs is 4. The first kappa shape index (κ1) is 30.4. The summed E-state index contributed by atoms with van der Waals surface area (Å²) >= 11 is 0. The first-order chi connectivity index (χ1) is 17.3. The zero-order valence-corrected chi connectivity index (χ0v) is 28.6. The van der Waals surface area contributed by atoms with Gasteiger partial charge < -0.3 is 0 Å². The Bertz CT molecular complexity index is 1160. The van der Waals surface area contributed by atoms with Gasteiger partial charge >= 0.3 is 0 Å². The lowest BCUT2D eigenvalue weighted by atomic mass is 9.51. The molecular weight excluding hydrogens is 468 g/mol. The normalized spacial score (nSPS) is 20.5. The largest absolute Gasteiger partial charge is 0.0561 e. The molecule has 2 aliphatic rings. The van der Waals surface area contributed by atoms with Crippen LogP contribution in [-0.2, 0) is 37.9 Å². The van der Waals surface area contributed by atoms with Crippen LogP contribution in [0.2, 0.25) is 0 Å². The number of rotatable bonds is 0. The molecule has 2 aliphatic carbocycles. The molecule has 2 aromatic rings. The van der Waals surface area contributed by atoms with Crippen molar-refractivity contribution in [1.82, 2.24) is 0 Å². The van der Waals surface area contributed by atoms with Crippen LogP contribution < -0.4 is 0 Å². The highest BCUT2D eigenvalue weighted by Crippen LogP contribution is 2.59. The van der Waals surface area contributed by atoms with Crippen molar-refractivity contribution in [3.8, 4) is 0 Å². The Morgan fingerprint density at radius 1 is 0.385 bits per heavy atom. The molecule has 0 unspecified atom stereocenters. The van der Waals surface area contributed by atoms with Crippen LogP contribution in [0.4, 0.5) is 0 Å². The van der Waals surface area contributed by atoms with Gasteiger partial charge in [-0.15, -0.1) is 0 Å². The van der Waals surface area contributed by atoms with Crippen LogP contribution in [0.1, 0.15) is 181 Å². The van der Waals surface area contributed by atoms with Crippen LogP contribution in [0.25, 0.3) is 0 Å². The predicted octanol–water partition coefficient (Wildman–Crippen LogP) is 11.3. The Labute approximate surface area is 242 Å². The van der Waals surface area contributed by atoms with Crippen molar-refractivity contribution < 1.29 is 0 Å². The summed E-state index contributed by atoms with van der Waals surface area (Å²) in [5, 5.41) is 0. The third-order valence-electron chi connectivity index (χ3n) is 10.4. The number of hydrogen-bond acceptors (Lipinski definition) is 0. The second kappa shape index (κ2) is 8.72. The molecule has 216 valence electrons. The Hall–Kier alpha value is -1.56. The van der Waals surface area contributed by atoms with Crippen LogP contribution in [-0.4, -0.2) is 0 Å². The summed E-state index contributed by atoms with van der Waals surface area (Å²) in [5.41, 5.74) is 13.5. The molecule has 0 fully saturated rings. The quantitative estimate of drug-likeness (QED) is 0.319. The van der Waals surface area contributed by atoms with Gasteiger partial charge in [0.2, 0.25) is 0 Å². The van der Waals surface area contributed by atoms with Crippen molar-refractivity contribution in [3.05, 3.63) is 68.8 Å². The molecule has 0 N–H and O–H groups in total. The summed E-state index contributed by atoms with van der Waals surface area (Å²) in [6.45, 7) is 38.9. The van der Waals surface area contributed by atoms with Gasteiger partial charge in [-0.25, -0.2) is 0 Å². The number of benzene rings is 2. The molecule has 0 amide bonds. The maximum Gasteiger partial charge on any atom is 0.0209 e. The maximum absolute atomic E-state index is 2.70. The maximum atomic E-state index is 2.70. The summed E-state index contributed by atoms with van der Waals surface area (Å²) in [7, 11) is 0. The summed E-state index contributed by atoms with van der Waals surface area (Å²) in [5.74, 6) is 0. The smallest absolute Gasteiger partial charge is 0.0209 e. The third kappa shape index (κ3) is 5.06. The topological polar surface area (TPSA) is 0 Å². The van der Waals surface area contributed by atoms with Crippen molar-refractivity contribution >= 4 is 0 Å². The van der Waals surface area contributed by atoms with E-state index in [2.05, 4.69) is 135 Å².